The number of nitrogens with zero attached hydrogens (tertiary/aromatic N) is 3. The summed E-state index contributed by atoms with van der Waals surface area (Å²) in [7, 11) is 0. The van der Waals surface area contributed by atoms with E-state index >= 15 is 0 Å². The van der Waals surface area contributed by atoms with Gasteiger partial charge in [-0.15, -0.1) is 11.3 Å². The number of amides is 1. The lowest BCUT2D eigenvalue weighted by molar-refractivity contribution is 0.0751. The molecule has 0 saturated carbocycles. The van der Waals surface area contributed by atoms with Crippen LogP contribution in [-0.2, 0) is 19.4 Å². The van der Waals surface area contributed by atoms with Gasteiger partial charge in [0.1, 0.15) is 0 Å². The third kappa shape index (κ3) is 4.65. The summed E-state index contributed by atoms with van der Waals surface area (Å²) in [4.78, 5) is 20.9. The molecule has 0 aliphatic heterocycles. The first-order chi connectivity index (χ1) is 11.7. The van der Waals surface area contributed by atoms with Gasteiger partial charge in [0.15, 0.2) is 0 Å². The highest BCUT2D eigenvalue weighted by Gasteiger charge is 2.20. The van der Waals surface area contributed by atoms with E-state index < -0.39 is 0 Å². The molecule has 0 radical (unpaired) electrons. The summed E-state index contributed by atoms with van der Waals surface area (Å²) in [6.07, 6.45) is 6.85. The Hall–Kier alpha value is -2.19. The lowest BCUT2D eigenvalue weighted by atomic mass is 10.1. The van der Waals surface area contributed by atoms with E-state index in [2.05, 4.69) is 24.9 Å². The molecular weight excluding hydrogens is 318 g/mol. The first-order valence-electron chi connectivity index (χ1n) is 8.36. The molecule has 0 unspecified atom stereocenters. The summed E-state index contributed by atoms with van der Waals surface area (Å²) >= 11 is 1.60. The van der Waals surface area contributed by atoms with E-state index in [0.29, 0.717) is 19.5 Å². The summed E-state index contributed by atoms with van der Waals surface area (Å²) < 4.78 is 0. The van der Waals surface area contributed by atoms with Gasteiger partial charge in [0.2, 0.25) is 0 Å². The highest BCUT2D eigenvalue weighted by atomic mass is 32.1. The van der Waals surface area contributed by atoms with Crippen molar-refractivity contribution in [3.8, 4) is 6.07 Å². The van der Waals surface area contributed by atoms with Gasteiger partial charge in [-0.1, -0.05) is 26.3 Å². The van der Waals surface area contributed by atoms with Gasteiger partial charge < -0.3 is 4.90 Å². The molecule has 0 fully saturated rings. The predicted octanol–water partition coefficient (Wildman–Crippen LogP) is 4.21. The van der Waals surface area contributed by atoms with E-state index in [-0.39, 0.29) is 5.91 Å². The molecule has 2 aromatic rings. The highest BCUT2D eigenvalue weighted by Crippen LogP contribution is 2.26. The summed E-state index contributed by atoms with van der Waals surface area (Å²) in [5, 5.41) is 8.89. The third-order valence-corrected chi connectivity index (χ3v) is 5.07. The first kappa shape index (κ1) is 18.2. The average Bonchev–Trinajstić information content (AvgIpc) is 3.02. The first-order valence-corrected chi connectivity index (χ1v) is 9.17. The van der Waals surface area contributed by atoms with Crippen LogP contribution < -0.4 is 0 Å². The minimum atomic E-state index is 0.0103. The monoisotopic (exact) mass is 341 g/mol. The quantitative estimate of drug-likeness (QED) is 0.722. The van der Waals surface area contributed by atoms with Crippen LogP contribution in [0.4, 0.5) is 0 Å². The summed E-state index contributed by atoms with van der Waals surface area (Å²) in [5.41, 5.74) is 2.25. The van der Waals surface area contributed by atoms with Crippen LogP contribution >= 0.6 is 11.3 Å². The molecule has 0 N–H and O–H groups in total. The van der Waals surface area contributed by atoms with Crippen LogP contribution in [0.5, 0.6) is 0 Å². The number of hydrogen-bond donors (Lipinski definition) is 0. The Morgan fingerprint density at radius 1 is 1.42 bits per heavy atom. The van der Waals surface area contributed by atoms with Crippen LogP contribution in [0.15, 0.2) is 30.6 Å². The maximum absolute atomic E-state index is 12.9. The molecule has 0 aliphatic carbocycles. The number of hydrogen-bond acceptors (Lipinski definition) is 4. The van der Waals surface area contributed by atoms with Crippen LogP contribution in [0, 0.1) is 11.3 Å². The van der Waals surface area contributed by atoms with Gasteiger partial charge in [-0.25, -0.2) is 0 Å². The fourth-order valence-corrected chi connectivity index (χ4v) is 3.94. The van der Waals surface area contributed by atoms with Crippen molar-refractivity contribution in [2.24, 2.45) is 0 Å². The van der Waals surface area contributed by atoms with E-state index in [1.165, 1.54) is 10.4 Å². The van der Waals surface area contributed by atoms with Gasteiger partial charge in [0, 0.05) is 30.4 Å². The van der Waals surface area contributed by atoms with Crippen LogP contribution in [0.25, 0.3) is 0 Å². The molecule has 0 atom stereocenters. The topological polar surface area (TPSA) is 57.0 Å². The molecule has 0 aromatic carbocycles. The Bertz CT molecular complexity index is 703. The number of nitriles is 1. The Morgan fingerprint density at radius 3 is 2.88 bits per heavy atom. The van der Waals surface area contributed by atoms with Gasteiger partial charge in [0.05, 0.1) is 17.4 Å². The molecule has 0 saturated heterocycles. The minimum Gasteiger partial charge on any atom is -0.333 e. The second kappa shape index (κ2) is 9.19. The van der Waals surface area contributed by atoms with Crippen molar-refractivity contribution >= 4 is 17.2 Å². The number of pyridine rings is 1. The molecule has 2 heterocycles. The zero-order valence-corrected chi connectivity index (χ0v) is 15.1. The lowest BCUT2D eigenvalue weighted by Gasteiger charge is -2.20. The van der Waals surface area contributed by atoms with E-state index in [1.807, 2.05) is 18.2 Å². The van der Waals surface area contributed by atoms with Crippen molar-refractivity contribution in [3.63, 3.8) is 0 Å². The normalized spacial score (nSPS) is 10.4. The van der Waals surface area contributed by atoms with Crippen LogP contribution in [0.3, 0.4) is 0 Å². The van der Waals surface area contributed by atoms with E-state index in [1.54, 1.807) is 28.6 Å². The second-order valence-corrected chi connectivity index (χ2v) is 6.80. The second-order valence-electron chi connectivity index (χ2n) is 5.66. The molecule has 126 valence electrons. The number of carbonyl (C=O) groups is 1. The fraction of sp³-hybridized carbons (Fsp3) is 0.421. The minimum absolute atomic E-state index is 0.0103. The summed E-state index contributed by atoms with van der Waals surface area (Å²) in [6, 6.07) is 7.98. The van der Waals surface area contributed by atoms with E-state index in [0.717, 1.165) is 29.7 Å². The highest BCUT2D eigenvalue weighted by molar-refractivity contribution is 7.14. The van der Waals surface area contributed by atoms with Gasteiger partial charge in [0.25, 0.3) is 5.91 Å². The smallest absolute Gasteiger partial charge is 0.264 e. The summed E-state index contributed by atoms with van der Waals surface area (Å²) in [6.45, 7) is 5.20. The average molecular weight is 341 g/mol. The van der Waals surface area contributed by atoms with Gasteiger partial charge in [-0.2, -0.15) is 5.26 Å². The van der Waals surface area contributed by atoms with Crippen molar-refractivity contribution in [3.05, 3.63) is 51.5 Å². The van der Waals surface area contributed by atoms with Crippen molar-refractivity contribution in [1.82, 2.24) is 9.88 Å². The Balaban J connectivity index is 2.22. The van der Waals surface area contributed by atoms with Crippen molar-refractivity contribution in [1.29, 1.82) is 5.26 Å². The lowest BCUT2D eigenvalue weighted by Crippen LogP contribution is -2.31. The zero-order valence-electron chi connectivity index (χ0n) is 14.3. The predicted molar refractivity (Wildman–Crippen MR) is 96.9 cm³/mol. The number of thiophene rings is 1. The molecule has 0 aliphatic rings. The summed E-state index contributed by atoms with van der Waals surface area (Å²) in [5.74, 6) is 0.0103. The van der Waals surface area contributed by atoms with Crippen LogP contribution in [-0.4, -0.2) is 22.3 Å². The van der Waals surface area contributed by atoms with E-state index in [4.69, 9.17) is 5.26 Å². The third-order valence-electron chi connectivity index (χ3n) is 3.84. The Kier molecular flexibility index (Phi) is 6.95. The number of aryl methyl sites for hydroxylation is 2. The number of aromatic nitrogens is 1. The van der Waals surface area contributed by atoms with Crippen molar-refractivity contribution < 1.29 is 4.79 Å². The molecule has 0 bridgehead atoms. The van der Waals surface area contributed by atoms with E-state index in [9.17, 15) is 4.79 Å². The SMILES string of the molecule is CCCc1sc(C(=O)N(CCC#N)Cc2cccnc2)cc1CC. The molecule has 2 rings (SSSR count). The van der Waals surface area contributed by atoms with Crippen molar-refractivity contribution in [2.75, 3.05) is 6.54 Å². The Morgan fingerprint density at radius 2 is 2.25 bits per heavy atom. The van der Waals surface area contributed by atoms with Gasteiger partial charge in [-0.05, 0) is 36.1 Å². The Labute approximate surface area is 147 Å². The van der Waals surface area contributed by atoms with Crippen LogP contribution in [0.2, 0.25) is 0 Å². The molecule has 4 nitrogen and oxygen atoms in total. The maximum atomic E-state index is 12.9. The maximum Gasteiger partial charge on any atom is 0.264 e. The molecule has 5 heteroatoms. The number of carbonyl (C=O) groups excluding carboxylic acids is 1. The van der Waals surface area contributed by atoms with Gasteiger partial charge >= 0.3 is 0 Å². The van der Waals surface area contributed by atoms with Gasteiger partial charge in [-0.3, -0.25) is 9.78 Å². The molecule has 24 heavy (non-hydrogen) atoms. The fourth-order valence-electron chi connectivity index (χ4n) is 2.61. The van der Waals surface area contributed by atoms with Crippen molar-refractivity contribution in [2.45, 2.75) is 46.1 Å². The van der Waals surface area contributed by atoms with Crippen LogP contribution in [0.1, 0.15) is 52.4 Å². The standard InChI is InChI=1S/C19H23N3OS/c1-3-7-17-16(4-2)12-18(24-17)19(23)22(11-6-9-20)14-15-8-5-10-21-13-15/h5,8,10,12-13H,3-4,6-7,11,14H2,1-2H3. The molecular formula is C19H23N3OS. The molecule has 1 amide bonds. The molecule has 0 spiro atoms. The largest absolute Gasteiger partial charge is 0.333 e. The zero-order chi connectivity index (χ0) is 17.4. The molecule has 2 aromatic heterocycles. The number of rotatable bonds is 8.